The van der Waals surface area contributed by atoms with E-state index in [1.165, 1.54) is 0 Å². The highest BCUT2D eigenvalue weighted by molar-refractivity contribution is 5.38. The van der Waals surface area contributed by atoms with Crippen LogP contribution in [0.15, 0.2) is 6.07 Å². The first-order valence-electron chi connectivity index (χ1n) is 6.49. The summed E-state index contributed by atoms with van der Waals surface area (Å²) in [6, 6.07) is 1.94. The van der Waals surface area contributed by atoms with Crippen molar-refractivity contribution >= 4 is 5.82 Å². The van der Waals surface area contributed by atoms with Crippen LogP contribution >= 0.6 is 0 Å². The lowest BCUT2D eigenvalue weighted by atomic mass is 10.0. The Labute approximate surface area is 109 Å². The zero-order valence-electron chi connectivity index (χ0n) is 11.7. The average molecular weight is 252 g/mol. The van der Waals surface area contributed by atoms with Gasteiger partial charge in [-0.3, -0.25) is 0 Å². The fourth-order valence-electron chi connectivity index (χ4n) is 1.78. The van der Waals surface area contributed by atoms with Gasteiger partial charge in [-0.15, -0.1) is 0 Å². The standard InChI is InChI=1S/C13H24N4O/c1-5-18-13-7-12(16-10(4)17-13)15-8-11(14)6-9(2)3/h7,9,11H,5-6,8,14H2,1-4H3,(H,15,16,17). The highest BCUT2D eigenvalue weighted by Gasteiger charge is 2.07. The lowest BCUT2D eigenvalue weighted by Gasteiger charge is -2.15. The molecule has 1 aromatic rings. The minimum absolute atomic E-state index is 0.135. The second-order valence-electron chi connectivity index (χ2n) is 4.84. The van der Waals surface area contributed by atoms with Gasteiger partial charge in [-0.05, 0) is 26.2 Å². The maximum absolute atomic E-state index is 6.02. The van der Waals surface area contributed by atoms with Gasteiger partial charge >= 0.3 is 0 Å². The Kier molecular flexibility index (Phi) is 5.85. The molecule has 0 aliphatic heterocycles. The molecule has 0 aliphatic rings. The molecule has 5 heteroatoms. The molecule has 1 rings (SSSR count). The third kappa shape index (κ3) is 5.31. The Morgan fingerprint density at radius 2 is 2.11 bits per heavy atom. The van der Waals surface area contributed by atoms with Crippen molar-refractivity contribution in [3.63, 3.8) is 0 Å². The summed E-state index contributed by atoms with van der Waals surface area (Å²) in [6.45, 7) is 9.43. The van der Waals surface area contributed by atoms with Crippen LogP contribution in [-0.4, -0.2) is 29.2 Å². The van der Waals surface area contributed by atoms with Gasteiger partial charge in [-0.2, -0.15) is 4.98 Å². The highest BCUT2D eigenvalue weighted by atomic mass is 16.5. The molecule has 18 heavy (non-hydrogen) atoms. The van der Waals surface area contributed by atoms with E-state index in [-0.39, 0.29) is 6.04 Å². The third-order valence-electron chi connectivity index (χ3n) is 2.43. The number of aromatic nitrogens is 2. The fourth-order valence-corrected chi connectivity index (χ4v) is 1.78. The van der Waals surface area contributed by atoms with Gasteiger partial charge in [-0.1, -0.05) is 13.8 Å². The minimum Gasteiger partial charge on any atom is -0.478 e. The Bertz CT molecular complexity index is 368. The summed E-state index contributed by atoms with van der Waals surface area (Å²) in [5.74, 6) is 2.67. The molecule has 0 bridgehead atoms. The van der Waals surface area contributed by atoms with Gasteiger partial charge in [0.15, 0.2) is 0 Å². The molecule has 1 heterocycles. The topological polar surface area (TPSA) is 73.1 Å². The smallest absolute Gasteiger partial charge is 0.218 e. The molecule has 0 radical (unpaired) electrons. The van der Waals surface area contributed by atoms with E-state index in [2.05, 4.69) is 29.1 Å². The van der Waals surface area contributed by atoms with Crippen LogP contribution < -0.4 is 15.8 Å². The molecular formula is C13H24N4O. The van der Waals surface area contributed by atoms with E-state index < -0.39 is 0 Å². The first-order chi connectivity index (χ1) is 8.51. The molecule has 0 amide bonds. The molecule has 5 nitrogen and oxygen atoms in total. The fraction of sp³-hybridized carbons (Fsp3) is 0.692. The van der Waals surface area contributed by atoms with Crippen molar-refractivity contribution in [2.75, 3.05) is 18.5 Å². The molecule has 0 aliphatic carbocycles. The van der Waals surface area contributed by atoms with Gasteiger partial charge in [0.05, 0.1) is 6.61 Å². The highest BCUT2D eigenvalue weighted by Crippen LogP contribution is 2.13. The summed E-state index contributed by atoms with van der Waals surface area (Å²) in [5, 5.41) is 3.23. The van der Waals surface area contributed by atoms with Crippen LogP contribution in [0.5, 0.6) is 5.88 Å². The number of anilines is 1. The summed E-state index contributed by atoms with van der Waals surface area (Å²) in [7, 11) is 0. The first kappa shape index (κ1) is 14.7. The number of rotatable bonds is 7. The molecule has 1 unspecified atom stereocenters. The molecule has 0 fully saturated rings. The van der Waals surface area contributed by atoms with Gasteiger partial charge in [0.2, 0.25) is 5.88 Å². The van der Waals surface area contributed by atoms with Crippen molar-refractivity contribution in [3.05, 3.63) is 11.9 Å². The first-order valence-corrected chi connectivity index (χ1v) is 6.49. The summed E-state index contributed by atoms with van der Waals surface area (Å²) < 4.78 is 5.38. The number of nitrogens with zero attached hydrogens (tertiary/aromatic N) is 2. The van der Waals surface area contributed by atoms with Gasteiger partial charge < -0.3 is 15.8 Å². The van der Waals surface area contributed by atoms with Gasteiger partial charge in [0.25, 0.3) is 0 Å². The summed E-state index contributed by atoms with van der Waals surface area (Å²) in [6.07, 6.45) is 0.995. The lowest BCUT2D eigenvalue weighted by molar-refractivity contribution is 0.325. The minimum atomic E-state index is 0.135. The van der Waals surface area contributed by atoms with E-state index in [1.807, 2.05) is 13.8 Å². The van der Waals surface area contributed by atoms with E-state index >= 15 is 0 Å². The summed E-state index contributed by atoms with van der Waals surface area (Å²) in [5.41, 5.74) is 6.02. The van der Waals surface area contributed by atoms with Crippen LogP contribution in [0, 0.1) is 12.8 Å². The van der Waals surface area contributed by atoms with Crippen LogP contribution in [0.4, 0.5) is 5.82 Å². The molecule has 3 N–H and O–H groups in total. The molecular weight excluding hydrogens is 228 g/mol. The monoisotopic (exact) mass is 252 g/mol. The zero-order valence-corrected chi connectivity index (χ0v) is 11.7. The van der Waals surface area contributed by atoms with E-state index in [9.17, 15) is 0 Å². The van der Waals surface area contributed by atoms with Crippen LogP contribution in [0.1, 0.15) is 33.0 Å². The van der Waals surface area contributed by atoms with Crippen LogP contribution in [-0.2, 0) is 0 Å². The summed E-state index contributed by atoms with van der Waals surface area (Å²) in [4.78, 5) is 8.50. The Hall–Kier alpha value is -1.36. The molecule has 1 aromatic heterocycles. The molecule has 1 atom stereocenters. The van der Waals surface area contributed by atoms with Crippen molar-refractivity contribution in [3.8, 4) is 5.88 Å². The number of nitrogens with one attached hydrogen (secondary N) is 1. The van der Waals surface area contributed by atoms with Crippen LogP contribution in [0.25, 0.3) is 0 Å². The van der Waals surface area contributed by atoms with E-state index in [1.54, 1.807) is 6.07 Å². The van der Waals surface area contributed by atoms with E-state index in [0.717, 1.165) is 12.2 Å². The molecule has 0 saturated carbocycles. The number of ether oxygens (including phenoxy) is 1. The molecule has 102 valence electrons. The number of nitrogens with two attached hydrogens (primary N) is 1. The van der Waals surface area contributed by atoms with Gasteiger partial charge in [0, 0.05) is 18.7 Å². The Morgan fingerprint density at radius 1 is 1.39 bits per heavy atom. The van der Waals surface area contributed by atoms with Gasteiger partial charge in [-0.25, -0.2) is 4.98 Å². The molecule has 0 saturated heterocycles. The van der Waals surface area contributed by atoms with E-state index in [4.69, 9.17) is 10.5 Å². The third-order valence-corrected chi connectivity index (χ3v) is 2.43. The number of aryl methyl sites for hydroxylation is 1. The van der Waals surface area contributed by atoms with Crippen LogP contribution in [0.3, 0.4) is 0 Å². The SMILES string of the molecule is CCOc1cc(NCC(N)CC(C)C)nc(C)n1. The summed E-state index contributed by atoms with van der Waals surface area (Å²) >= 11 is 0. The maximum Gasteiger partial charge on any atom is 0.218 e. The van der Waals surface area contributed by atoms with Crippen molar-refractivity contribution in [2.24, 2.45) is 11.7 Å². The molecule has 0 spiro atoms. The van der Waals surface area contributed by atoms with Gasteiger partial charge in [0.1, 0.15) is 11.6 Å². The second kappa shape index (κ2) is 7.16. The average Bonchev–Trinajstić information content (AvgIpc) is 2.25. The quantitative estimate of drug-likeness (QED) is 0.776. The largest absolute Gasteiger partial charge is 0.478 e. The maximum atomic E-state index is 6.02. The van der Waals surface area contributed by atoms with Crippen molar-refractivity contribution < 1.29 is 4.74 Å². The van der Waals surface area contributed by atoms with Crippen molar-refractivity contribution in [1.82, 2.24) is 9.97 Å². The van der Waals surface area contributed by atoms with Crippen molar-refractivity contribution in [1.29, 1.82) is 0 Å². The predicted octanol–water partition coefficient (Wildman–Crippen LogP) is 1.97. The van der Waals surface area contributed by atoms with E-state index in [0.29, 0.717) is 30.8 Å². The lowest BCUT2D eigenvalue weighted by Crippen LogP contribution is -2.30. The predicted molar refractivity (Wildman–Crippen MR) is 73.9 cm³/mol. The molecule has 0 aromatic carbocycles. The Balaban J connectivity index is 2.56. The zero-order chi connectivity index (χ0) is 13.5. The number of hydrogen-bond donors (Lipinski definition) is 2. The van der Waals surface area contributed by atoms with Crippen LogP contribution in [0.2, 0.25) is 0 Å². The normalized spacial score (nSPS) is 12.6. The number of hydrogen-bond acceptors (Lipinski definition) is 5. The Morgan fingerprint density at radius 3 is 2.72 bits per heavy atom. The second-order valence-corrected chi connectivity index (χ2v) is 4.84. The van der Waals surface area contributed by atoms with Crippen molar-refractivity contribution in [2.45, 2.75) is 40.2 Å².